The van der Waals surface area contributed by atoms with Crippen LogP contribution in [-0.4, -0.2) is 41.7 Å². The molecule has 30 heavy (non-hydrogen) atoms. The van der Waals surface area contributed by atoms with Crippen molar-refractivity contribution in [3.05, 3.63) is 40.3 Å². The molecular formula is C21H26N4O3S2. The Kier molecular flexibility index (Phi) is 6.21. The number of carbonyl (C=O) groups excluding carboxylic acids is 1. The lowest BCUT2D eigenvalue weighted by molar-refractivity contribution is 0.102. The number of nitrogens with one attached hydrogen (secondary N) is 2. The first-order chi connectivity index (χ1) is 14.5. The molecule has 1 aromatic carbocycles. The fraction of sp³-hybridized carbons (Fsp3) is 0.429. The number of imidazole rings is 1. The number of rotatable bonds is 7. The molecule has 4 rings (SSSR count). The summed E-state index contributed by atoms with van der Waals surface area (Å²) in [4.78, 5) is 21.1. The number of hydrogen-bond donors (Lipinski definition) is 2. The molecule has 3 aromatic rings. The van der Waals surface area contributed by atoms with Gasteiger partial charge in [-0.1, -0.05) is 19.8 Å². The number of sulfonamides is 1. The van der Waals surface area contributed by atoms with Gasteiger partial charge in [-0.2, -0.15) is 4.31 Å². The normalized spacial score (nSPS) is 15.5. The average molecular weight is 447 g/mol. The lowest BCUT2D eigenvalue weighted by atomic mass is 10.2. The van der Waals surface area contributed by atoms with E-state index >= 15 is 0 Å². The molecule has 1 fully saturated rings. The fourth-order valence-electron chi connectivity index (χ4n) is 3.70. The van der Waals surface area contributed by atoms with Crippen LogP contribution >= 0.6 is 11.3 Å². The van der Waals surface area contributed by atoms with Gasteiger partial charge < -0.3 is 10.3 Å². The van der Waals surface area contributed by atoms with Gasteiger partial charge in [-0.05, 0) is 48.9 Å². The molecule has 0 unspecified atom stereocenters. The lowest BCUT2D eigenvalue weighted by Crippen LogP contribution is -2.36. The molecule has 0 saturated carbocycles. The Morgan fingerprint density at radius 1 is 1.23 bits per heavy atom. The molecule has 1 aliphatic heterocycles. The molecule has 2 aromatic heterocycles. The molecule has 0 radical (unpaired) electrons. The maximum absolute atomic E-state index is 13.0. The van der Waals surface area contributed by atoms with E-state index < -0.39 is 15.9 Å². The number of fused-ring (bicyclic) bond motifs is 1. The zero-order chi connectivity index (χ0) is 21.1. The van der Waals surface area contributed by atoms with Crippen molar-refractivity contribution < 1.29 is 13.2 Å². The molecule has 0 atom stereocenters. The van der Waals surface area contributed by atoms with Crippen molar-refractivity contribution in [2.24, 2.45) is 0 Å². The Balaban J connectivity index is 1.54. The second-order valence-corrected chi connectivity index (χ2v) is 10.4. The van der Waals surface area contributed by atoms with Crippen molar-refractivity contribution in [2.45, 2.75) is 50.3 Å². The largest absolute Gasteiger partial charge is 0.342 e. The molecule has 0 bridgehead atoms. The van der Waals surface area contributed by atoms with E-state index in [-0.39, 0.29) is 9.77 Å². The molecule has 2 N–H and O–H groups in total. The number of carbonyl (C=O) groups is 1. The molecular weight excluding hydrogens is 420 g/mol. The summed E-state index contributed by atoms with van der Waals surface area (Å²) in [5.41, 5.74) is 2.31. The molecule has 0 spiro atoms. The number of anilines is 1. The third-order valence-corrected chi connectivity index (χ3v) is 8.31. The van der Waals surface area contributed by atoms with Crippen molar-refractivity contribution in [3.8, 4) is 0 Å². The average Bonchev–Trinajstić information content (AvgIpc) is 3.40. The maximum Gasteiger partial charge on any atom is 0.267 e. The minimum atomic E-state index is -3.66. The highest BCUT2D eigenvalue weighted by Gasteiger charge is 2.31. The standard InChI is InChI=1S/C21H26N4O3S2/c1-2-3-7-19-23-16-9-8-15(14-17(16)24-19)22-21(26)20-18(10-13-29-20)30(27,28)25-11-5-4-6-12-25/h8-10,13-14H,2-7,11-12H2,1H3,(H,22,26)(H,23,24). The van der Waals surface area contributed by atoms with Gasteiger partial charge in [0.1, 0.15) is 15.6 Å². The summed E-state index contributed by atoms with van der Waals surface area (Å²) in [5, 5.41) is 4.50. The summed E-state index contributed by atoms with van der Waals surface area (Å²) in [5.74, 6) is 0.522. The molecule has 160 valence electrons. The van der Waals surface area contributed by atoms with Crippen LogP contribution in [0.15, 0.2) is 34.5 Å². The van der Waals surface area contributed by atoms with Gasteiger partial charge in [0, 0.05) is 25.2 Å². The van der Waals surface area contributed by atoms with E-state index in [0.717, 1.165) is 66.7 Å². The van der Waals surface area contributed by atoms with Crippen LogP contribution in [0.1, 0.15) is 54.5 Å². The number of nitrogens with zero attached hydrogens (tertiary/aromatic N) is 2. The molecule has 7 nitrogen and oxygen atoms in total. The van der Waals surface area contributed by atoms with E-state index in [4.69, 9.17) is 0 Å². The predicted molar refractivity (Wildman–Crippen MR) is 120 cm³/mol. The number of amides is 1. The first-order valence-electron chi connectivity index (χ1n) is 10.4. The van der Waals surface area contributed by atoms with Gasteiger partial charge in [0.05, 0.1) is 11.0 Å². The molecule has 1 aliphatic rings. The smallest absolute Gasteiger partial charge is 0.267 e. The Bertz CT molecular complexity index is 1140. The number of H-pyrrole nitrogens is 1. The minimum absolute atomic E-state index is 0.0939. The van der Waals surface area contributed by atoms with E-state index in [1.54, 1.807) is 11.4 Å². The van der Waals surface area contributed by atoms with Crippen LogP contribution in [0.3, 0.4) is 0 Å². The predicted octanol–water partition coefficient (Wildman–Crippen LogP) is 4.39. The number of thiophene rings is 1. The number of aromatic amines is 1. The van der Waals surface area contributed by atoms with Crippen LogP contribution in [0.2, 0.25) is 0 Å². The van der Waals surface area contributed by atoms with Gasteiger partial charge in [0.15, 0.2) is 0 Å². The molecule has 3 heterocycles. The van der Waals surface area contributed by atoms with E-state index in [0.29, 0.717) is 18.8 Å². The van der Waals surface area contributed by atoms with Gasteiger partial charge in [0.2, 0.25) is 10.0 Å². The van der Waals surface area contributed by atoms with E-state index in [1.807, 2.05) is 12.1 Å². The number of benzene rings is 1. The molecule has 1 amide bonds. The van der Waals surface area contributed by atoms with Crippen molar-refractivity contribution in [1.29, 1.82) is 0 Å². The van der Waals surface area contributed by atoms with Crippen molar-refractivity contribution in [2.75, 3.05) is 18.4 Å². The molecule has 0 aliphatic carbocycles. The number of hydrogen-bond acceptors (Lipinski definition) is 5. The highest BCUT2D eigenvalue weighted by Crippen LogP contribution is 2.28. The van der Waals surface area contributed by atoms with Crippen molar-refractivity contribution >= 4 is 44.0 Å². The van der Waals surface area contributed by atoms with Crippen LogP contribution in [0.25, 0.3) is 11.0 Å². The highest BCUT2D eigenvalue weighted by atomic mass is 32.2. The number of aromatic nitrogens is 2. The number of unbranched alkanes of at least 4 members (excludes halogenated alkanes) is 1. The SMILES string of the molecule is CCCCc1nc2ccc(NC(=O)c3sccc3S(=O)(=O)N3CCCCC3)cc2[nH]1. The quantitative estimate of drug-likeness (QED) is 0.562. The summed E-state index contributed by atoms with van der Waals surface area (Å²) < 4.78 is 27.5. The van der Waals surface area contributed by atoms with Crippen LogP contribution in [0, 0.1) is 0 Å². The Morgan fingerprint density at radius 2 is 2.03 bits per heavy atom. The van der Waals surface area contributed by atoms with Gasteiger partial charge in [-0.15, -0.1) is 11.3 Å². The summed E-state index contributed by atoms with van der Waals surface area (Å²) in [7, 11) is -3.66. The van der Waals surface area contributed by atoms with Gasteiger partial charge in [-0.3, -0.25) is 4.79 Å². The van der Waals surface area contributed by atoms with Gasteiger partial charge >= 0.3 is 0 Å². The zero-order valence-electron chi connectivity index (χ0n) is 17.0. The first-order valence-corrected chi connectivity index (χ1v) is 12.7. The van der Waals surface area contributed by atoms with E-state index in [9.17, 15) is 13.2 Å². The van der Waals surface area contributed by atoms with Crippen LogP contribution in [0.4, 0.5) is 5.69 Å². The minimum Gasteiger partial charge on any atom is -0.342 e. The van der Waals surface area contributed by atoms with E-state index in [1.165, 1.54) is 10.4 Å². The monoisotopic (exact) mass is 446 g/mol. The Morgan fingerprint density at radius 3 is 2.80 bits per heavy atom. The summed E-state index contributed by atoms with van der Waals surface area (Å²) in [6.07, 6.45) is 5.81. The maximum atomic E-state index is 13.0. The summed E-state index contributed by atoms with van der Waals surface area (Å²) >= 11 is 1.15. The topological polar surface area (TPSA) is 95.2 Å². The Labute approximate surface area is 180 Å². The fourth-order valence-corrected chi connectivity index (χ4v) is 6.51. The Hall–Kier alpha value is -2.23. The zero-order valence-corrected chi connectivity index (χ0v) is 18.6. The summed E-state index contributed by atoms with van der Waals surface area (Å²) in [6, 6.07) is 7.01. The second-order valence-electron chi connectivity index (χ2n) is 7.55. The number of aryl methyl sites for hydroxylation is 1. The van der Waals surface area contributed by atoms with E-state index in [2.05, 4.69) is 22.2 Å². The molecule has 1 saturated heterocycles. The lowest BCUT2D eigenvalue weighted by Gasteiger charge is -2.25. The van der Waals surface area contributed by atoms with Crippen molar-refractivity contribution in [3.63, 3.8) is 0 Å². The second kappa shape index (κ2) is 8.87. The van der Waals surface area contributed by atoms with Crippen LogP contribution in [0.5, 0.6) is 0 Å². The van der Waals surface area contributed by atoms with Crippen LogP contribution < -0.4 is 5.32 Å². The highest BCUT2D eigenvalue weighted by molar-refractivity contribution is 7.89. The van der Waals surface area contributed by atoms with Gasteiger partial charge in [-0.25, -0.2) is 13.4 Å². The molecule has 9 heteroatoms. The van der Waals surface area contributed by atoms with Crippen molar-refractivity contribution in [1.82, 2.24) is 14.3 Å². The first kappa shape index (κ1) is 21.0. The third-order valence-electron chi connectivity index (χ3n) is 5.32. The summed E-state index contributed by atoms with van der Waals surface area (Å²) in [6.45, 7) is 3.16. The third kappa shape index (κ3) is 4.28. The number of piperidine rings is 1. The van der Waals surface area contributed by atoms with Crippen LogP contribution in [-0.2, 0) is 16.4 Å². The van der Waals surface area contributed by atoms with Gasteiger partial charge in [0.25, 0.3) is 5.91 Å².